The lowest BCUT2D eigenvalue weighted by atomic mass is 10.1. The van der Waals surface area contributed by atoms with Crippen LogP contribution in [0.2, 0.25) is 0 Å². The molecule has 5 rings (SSSR count). The molecule has 0 aromatic heterocycles. The molecule has 0 spiro atoms. The molecule has 4 nitrogen and oxygen atoms in total. The molecule has 2 aliphatic heterocycles. The van der Waals surface area contributed by atoms with E-state index in [4.69, 9.17) is 4.74 Å². The zero-order valence-corrected chi connectivity index (χ0v) is 14.8. The minimum atomic E-state index is -0.250. The van der Waals surface area contributed by atoms with Crippen molar-refractivity contribution in [2.75, 3.05) is 31.3 Å². The fraction of sp³-hybridized carbons (Fsp3) is 0.227. The summed E-state index contributed by atoms with van der Waals surface area (Å²) in [7, 11) is 0. The molecule has 0 radical (unpaired) electrons. The fourth-order valence-electron chi connectivity index (χ4n) is 4.03. The van der Waals surface area contributed by atoms with Crippen LogP contribution in [0.3, 0.4) is 0 Å². The summed E-state index contributed by atoms with van der Waals surface area (Å²) in [5, 5.41) is 2.13. The molecule has 27 heavy (non-hydrogen) atoms. The van der Waals surface area contributed by atoms with Crippen LogP contribution in [0.4, 0.5) is 10.1 Å². The highest BCUT2D eigenvalue weighted by atomic mass is 19.1. The summed E-state index contributed by atoms with van der Waals surface area (Å²) < 4.78 is 19.1. The zero-order chi connectivity index (χ0) is 18.4. The Bertz CT molecular complexity index is 1010. The van der Waals surface area contributed by atoms with E-state index >= 15 is 0 Å². The van der Waals surface area contributed by atoms with Gasteiger partial charge < -0.3 is 4.74 Å². The number of carbonyl (C=O) groups excluding carboxylic acids is 1. The SMILES string of the molecule is O=C1c2cccc3cccc(c23)N1CN1CCO[C@@H](c2ccc(F)cc2)C1. The molecule has 0 bridgehead atoms. The summed E-state index contributed by atoms with van der Waals surface area (Å²) >= 11 is 0. The number of hydrogen-bond acceptors (Lipinski definition) is 3. The minimum Gasteiger partial charge on any atom is -0.371 e. The van der Waals surface area contributed by atoms with E-state index in [0.29, 0.717) is 19.8 Å². The third-order valence-corrected chi connectivity index (χ3v) is 5.38. The lowest BCUT2D eigenvalue weighted by molar-refractivity contribution is -0.0294. The molecule has 0 aliphatic carbocycles. The van der Waals surface area contributed by atoms with E-state index in [-0.39, 0.29) is 17.8 Å². The predicted octanol–water partition coefficient (Wildman–Crippen LogP) is 3.97. The van der Waals surface area contributed by atoms with Crippen LogP contribution in [0, 0.1) is 5.82 Å². The summed E-state index contributed by atoms with van der Waals surface area (Å²) in [5.74, 6) is -0.202. The van der Waals surface area contributed by atoms with E-state index in [2.05, 4.69) is 4.90 Å². The topological polar surface area (TPSA) is 32.8 Å². The number of carbonyl (C=O) groups is 1. The highest BCUT2D eigenvalue weighted by Crippen LogP contribution is 2.37. The Morgan fingerprint density at radius 2 is 1.81 bits per heavy atom. The average Bonchev–Trinajstić information content (AvgIpc) is 2.97. The first kappa shape index (κ1) is 16.4. The predicted molar refractivity (Wildman–Crippen MR) is 102 cm³/mol. The largest absolute Gasteiger partial charge is 0.371 e. The van der Waals surface area contributed by atoms with E-state index in [1.54, 1.807) is 12.1 Å². The summed E-state index contributed by atoms with van der Waals surface area (Å²) in [4.78, 5) is 17.0. The second-order valence-electron chi connectivity index (χ2n) is 7.04. The minimum absolute atomic E-state index is 0.0478. The molecule has 1 atom stereocenters. The summed E-state index contributed by atoms with van der Waals surface area (Å²) in [6.45, 7) is 2.53. The van der Waals surface area contributed by atoms with Crippen LogP contribution in [0.1, 0.15) is 22.0 Å². The van der Waals surface area contributed by atoms with Gasteiger partial charge in [0.15, 0.2) is 0 Å². The van der Waals surface area contributed by atoms with Crippen LogP contribution in [-0.4, -0.2) is 37.2 Å². The number of anilines is 1. The fourth-order valence-corrected chi connectivity index (χ4v) is 4.03. The highest BCUT2D eigenvalue weighted by Gasteiger charge is 2.32. The van der Waals surface area contributed by atoms with Gasteiger partial charge >= 0.3 is 0 Å². The van der Waals surface area contributed by atoms with E-state index in [0.717, 1.165) is 34.1 Å². The Morgan fingerprint density at radius 3 is 2.63 bits per heavy atom. The molecule has 0 N–H and O–H groups in total. The Hall–Kier alpha value is -2.76. The van der Waals surface area contributed by atoms with Crippen molar-refractivity contribution in [3.63, 3.8) is 0 Å². The number of rotatable bonds is 3. The van der Waals surface area contributed by atoms with Gasteiger partial charge in [-0.05, 0) is 35.2 Å². The number of amides is 1. The number of hydrogen-bond donors (Lipinski definition) is 0. The van der Waals surface area contributed by atoms with Crippen molar-refractivity contribution in [1.29, 1.82) is 0 Å². The van der Waals surface area contributed by atoms with Gasteiger partial charge in [-0.2, -0.15) is 0 Å². The van der Waals surface area contributed by atoms with Crippen LogP contribution >= 0.6 is 0 Å². The van der Waals surface area contributed by atoms with Crippen molar-refractivity contribution in [2.24, 2.45) is 0 Å². The maximum Gasteiger partial charge on any atom is 0.260 e. The maximum absolute atomic E-state index is 13.2. The lowest BCUT2D eigenvalue weighted by Crippen LogP contribution is -2.46. The van der Waals surface area contributed by atoms with Gasteiger partial charge in [-0.3, -0.25) is 14.6 Å². The van der Waals surface area contributed by atoms with Gasteiger partial charge in [-0.25, -0.2) is 4.39 Å². The molecule has 1 saturated heterocycles. The van der Waals surface area contributed by atoms with Crippen molar-refractivity contribution in [2.45, 2.75) is 6.10 Å². The van der Waals surface area contributed by atoms with Crippen LogP contribution < -0.4 is 4.90 Å². The summed E-state index contributed by atoms with van der Waals surface area (Å²) in [5.41, 5.74) is 2.70. The van der Waals surface area contributed by atoms with Crippen molar-refractivity contribution >= 4 is 22.4 Å². The monoisotopic (exact) mass is 362 g/mol. The Morgan fingerprint density at radius 1 is 1.04 bits per heavy atom. The normalized spacial score (nSPS) is 19.8. The Balaban J connectivity index is 1.39. The number of benzene rings is 3. The molecule has 0 saturated carbocycles. The average molecular weight is 362 g/mol. The second kappa shape index (κ2) is 6.44. The number of ether oxygens (including phenoxy) is 1. The van der Waals surface area contributed by atoms with E-state index in [9.17, 15) is 9.18 Å². The van der Waals surface area contributed by atoms with Crippen molar-refractivity contribution in [1.82, 2.24) is 4.90 Å². The Labute approximate surface area is 156 Å². The molecule has 0 unspecified atom stereocenters. The van der Waals surface area contributed by atoms with Crippen molar-refractivity contribution in [3.05, 3.63) is 77.6 Å². The van der Waals surface area contributed by atoms with Gasteiger partial charge in [-0.1, -0.05) is 36.4 Å². The van der Waals surface area contributed by atoms with Crippen LogP contribution in [-0.2, 0) is 4.74 Å². The van der Waals surface area contributed by atoms with E-state index in [1.165, 1.54) is 12.1 Å². The van der Waals surface area contributed by atoms with Gasteiger partial charge in [0.25, 0.3) is 5.91 Å². The van der Waals surface area contributed by atoms with Gasteiger partial charge in [0.1, 0.15) is 5.82 Å². The molecule has 3 aromatic rings. The molecule has 136 valence electrons. The van der Waals surface area contributed by atoms with Crippen molar-refractivity contribution in [3.8, 4) is 0 Å². The number of halogens is 1. The second-order valence-corrected chi connectivity index (χ2v) is 7.04. The standard InChI is InChI=1S/C22H19FN2O2/c23-17-9-7-15(8-10-17)20-13-24(11-12-27-20)14-25-19-6-2-4-16-3-1-5-18(21(16)19)22(25)26/h1-10,20H,11-14H2/t20-/m1/s1. The van der Waals surface area contributed by atoms with Gasteiger partial charge in [0, 0.05) is 24.0 Å². The number of nitrogens with zero attached hydrogens (tertiary/aromatic N) is 2. The molecule has 1 fully saturated rings. The third kappa shape index (κ3) is 2.80. The van der Waals surface area contributed by atoms with Crippen LogP contribution in [0.25, 0.3) is 10.8 Å². The number of morpholine rings is 1. The maximum atomic E-state index is 13.2. The summed E-state index contributed by atoms with van der Waals surface area (Å²) in [6, 6.07) is 18.4. The molecule has 2 heterocycles. The van der Waals surface area contributed by atoms with Crippen LogP contribution in [0.5, 0.6) is 0 Å². The van der Waals surface area contributed by atoms with Gasteiger partial charge in [-0.15, -0.1) is 0 Å². The van der Waals surface area contributed by atoms with Gasteiger partial charge in [0.2, 0.25) is 0 Å². The first-order chi connectivity index (χ1) is 13.2. The van der Waals surface area contributed by atoms with E-state index in [1.807, 2.05) is 41.3 Å². The first-order valence-electron chi connectivity index (χ1n) is 9.14. The lowest BCUT2D eigenvalue weighted by Gasteiger charge is -2.35. The summed E-state index contributed by atoms with van der Waals surface area (Å²) in [6.07, 6.45) is -0.116. The quantitative estimate of drug-likeness (QED) is 0.707. The molecular formula is C22H19FN2O2. The molecule has 2 aliphatic rings. The van der Waals surface area contributed by atoms with E-state index < -0.39 is 0 Å². The smallest absolute Gasteiger partial charge is 0.260 e. The highest BCUT2D eigenvalue weighted by molar-refractivity contribution is 6.24. The Kier molecular flexibility index (Phi) is 3.92. The molecule has 5 heteroatoms. The molecule has 3 aromatic carbocycles. The first-order valence-corrected chi connectivity index (χ1v) is 9.14. The van der Waals surface area contributed by atoms with Crippen LogP contribution in [0.15, 0.2) is 60.7 Å². The molecular weight excluding hydrogens is 343 g/mol. The van der Waals surface area contributed by atoms with Gasteiger partial charge in [0.05, 0.1) is 25.1 Å². The van der Waals surface area contributed by atoms with Crippen molar-refractivity contribution < 1.29 is 13.9 Å². The third-order valence-electron chi connectivity index (χ3n) is 5.38. The molecule has 1 amide bonds. The zero-order valence-electron chi connectivity index (χ0n) is 14.8.